The highest BCUT2D eigenvalue weighted by Crippen LogP contribution is 2.28. The molecule has 1 aromatic rings. The average molecular weight is 344 g/mol. The molecule has 0 aliphatic rings. The maximum absolute atomic E-state index is 12.2. The van der Waals surface area contributed by atoms with Gasteiger partial charge in [-0.15, -0.1) is 0 Å². The molecule has 0 aromatic heterocycles. The first-order chi connectivity index (χ1) is 11.4. The van der Waals surface area contributed by atoms with Crippen LogP contribution in [0.15, 0.2) is 23.4 Å². The van der Waals surface area contributed by atoms with Gasteiger partial charge in [-0.25, -0.2) is 0 Å². The third kappa shape index (κ3) is 7.75. The third-order valence-electron chi connectivity index (χ3n) is 2.92. The monoisotopic (exact) mass is 344 g/mol. The molecule has 134 valence electrons. The molecule has 0 radical (unpaired) electrons. The van der Waals surface area contributed by atoms with Crippen LogP contribution in [0.25, 0.3) is 0 Å². The zero-order valence-corrected chi connectivity index (χ0v) is 13.9. The summed E-state index contributed by atoms with van der Waals surface area (Å²) < 4.78 is 33.7. The number of benzene rings is 1. The Morgan fingerprint density at radius 2 is 2.08 bits per heavy atom. The fraction of sp³-hybridized carbons (Fsp3) is 0.500. The van der Waals surface area contributed by atoms with Gasteiger partial charge in [-0.1, -0.05) is 19.0 Å². The number of carbonyl (C=O) groups is 1. The Morgan fingerprint density at radius 1 is 1.33 bits per heavy atom. The Balaban J connectivity index is 2.45. The Kier molecular flexibility index (Phi) is 8.53. The summed E-state index contributed by atoms with van der Waals surface area (Å²) in [6.07, 6.45) is 2.23. The molecule has 6 nitrogen and oxygen atoms in total. The van der Waals surface area contributed by atoms with E-state index in [1.807, 2.05) is 0 Å². The molecule has 1 N–H and O–H groups in total. The van der Waals surface area contributed by atoms with Crippen molar-refractivity contribution in [3.8, 4) is 11.5 Å². The number of halogens is 2. The Morgan fingerprint density at radius 3 is 2.71 bits per heavy atom. The van der Waals surface area contributed by atoms with Crippen LogP contribution in [0.1, 0.15) is 25.8 Å². The van der Waals surface area contributed by atoms with Crippen molar-refractivity contribution in [2.45, 2.75) is 26.9 Å². The van der Waals surface area contributed by atoms with Crippen molar-refractivity contribution < 1.29 is 27.9 Å². The van der Waals surface area contributed by atoms with Gasteiger partial charge < -0.3 is 19.6 Å². The molecule has 8 heteroatoms. The van der Waals surface area contributed by atoms with Crippen molar-refractivity contribution in [1.29, 1.82) is 0 Å². The smallest absolute Gasteiger partial charge is 0.387 e. The average Bonchev–Trinajstić information content (AvgIpc) is 2.51. The van der Waals surface area contributed by atoms with Crippen LogP contribution in [0, 0.1) is 5.92 Å². The second-order valence-electron chi connectivity index (χ2n) is 5.33. The molecule has 0 spiro atoms. The minimum absolute atomic E-state index is 0.0740. The number of alkyl halides is 2. The van der Waals surface area contributed by atoms with Crippen molar-refractivity contribution in [2.75, 3.05) is 20.3 Å². The zero-order chi connectivity index (χ0) is 17.9. The molecule has 0 aliphatic carbocycles. The highest BCUT2D eigenvalue weighted by atomic mass is 19.3. The fourth-order valence-corrected chi connectivity index (χ4v) is 1.70. The molecule has 1 rings (SSSR count). The van der Waals surface area contributed by atoms with E-state index in [2.05, 4.69) is 29.1 Å². The lowest BCUT2D eigenvalue weighted by molar-refractivity contribution is -0.125. The Labute approximate surface area is 139 Å². The topological polar surface area (TPSA) is 69.2 Å². The lowest BCUT2D eigenvalue weighted by atomic mass is 10.1. The summed E-state index contributed by atoms with van der Waals surface area (Å²) in [5, 5.41) is 6.37. The normalized spacial score (nSPS) is 11.1. The number of oxime groups is 1. The first-order valence-corrected chi connectivity index (χ1v) is 7.47. The third-order valence-corrected chi connectivity index (χ3v) is 2.92. The van der Waals surface area contributed by atoms with Crippen molar-refractivity contribution in [3.05, 3.63) is 23.8 Å². The molecule has 0 saturated carbocycles. The highest BCUT2D eigenvalue weighted by Gasteiger charge is 2.10. The maximum atomic E-state index is 12.2. The molecule has 1 aromatic carbocycles. The molecule has 0 aliphatic heterocycles. The van der Waals surface area contributed by atoms with E-state index in [0.717, 1.165) is 6.42 Å². The van der Waals surface area contributed by atoms with Gasteiger partial charge in [-0.2, -0.15) is 8.78 Å². The van der Waals surface area contributed by atoms with Gasteiger partial charge in [-0.05, 0) is 30.5 Å². The number of nitrogens with one attached hydrogen (secondary N) is 1. The van der Waals surface area contributed by atoms with E-state index >= 15 is 0 Å². The van der Waals surface area contributed by atoms with Crippen LogP contribution < -0.4 is 14.8 Å². The number of ether oxygens (including phenoxy) is 2. The summed E-state index contributed by atoms with van der Waals surface area (Å²) >= 11 is 0. The minimum atomic E-state index is -2.93. The summed E-state index contributed by atoms with van der Waals surface area (Å²) in [6.45, 7) is 1.60. The number of hydrogen-bond donors (Lipinski definition) is 1. The van der Waals surface area contributed by atoms with Crippen LogP contribution in [-0.2, 0) is 9.63 Å². The Bertz CT molecular complexity index is 551. The van der Waals surface area contributed by atoms with Crippen molar-refractivity contribution in [2.24, 2.45) is 11.1 Å². The lowest BCUT2D eigenvalue weighted by Gasteiger charge is -2.09. The molecular formula is C16H22F2N2O4. The van der Waals surface area contributed by atoms with Gasteiger partial charge in [0.15, 0.2) is 18.1 Å². The van der Waals surface area contributed by atoms with Crippen LogP contribution in [0.3, 0.4) is 0 Å². The van der Waals surface area contributed by atoms with Crippen LogP contribution in [0.2, 0.25) is 0 Å². The Hall–Kier alpha value is -2.38. The van der Waals surface area contributed by atoms with E-state index < -0.39 is 6.61 Å². The number of methoxy groups -OCH3 is 1. The quantitative estimate of drug-likeness (QED) is 0.523. The van der Waals surface area contributed by atoms with E-state index in [4.69, 9.17) is 9.57 Å². The molecular weight excluding hydrogens is 322 g/mol. The minimum Gasteiger partial charge on any atom is -0.493 e. The number of amides is 1. The van der Waals surface area contributed by atoms with Gasteiger partial charge in [0.05, 0.1) is 13.3 Å². The summed E-state index contributed by atoms with van der Waals surface area (Å²) in [5.74, 6) is 0.322. The van der Waals surface area contributed by atoms with Crippen molar-refractivity contribution in [3.63, 3.8) is 0 Å². The first kappa shape index (κ1) is 19.7. The molecule has 0 heterocycles. The van der Waals surface area contributed by atoms with Crippen LogP contribution in [-0.4, -0.2) is 39.0 Å². The molecule has 24 heavy (non-hydrogen) atoms. The largest absolute Gasteiger partial charge is 0.493 e. The number of rotatable bonds is 10. The fourth-order valence-electron chi connectivity index (χ4n) is 1.70. The van der Waals surface area contributed by atoms with E-state index in [9.17, 15) is 13.6 Å². The number of carbonyl (C=O) groups excluding carboxylic acids is 1. The zero-order valence-electron chi connectivity index (χ0n) is 13.9. The predicted molar refractivity (Wildman–Crippen MR) is 85.6 cm³/mol. The van der Waals surface area contributed by atoms with E-state index in [1.54, 1.807) is 0 Å². The van der Waals surface area contributed by atoms with Gasteiger partial charge in [0.1, 0.15) is 0 Å². The van der Waals surface area contributed by atoms with Gasteiger partial charge in [0, 0.05) is 12.1 Å². The first-order valence-electron chi connectivity index (χ1n) is 7.47. The van der Waals surface area contributed by atoms with Crippen LogP contribution >= 0.6 is 0 Å². The second kappa shape index (κ2) is 10.4. The van der Waals surface area contributed by atoms with E-state index in [-0.39, 0.29) is 24.0 Å². The van der Waals surface area contributed by atoms with Crippen LogP contribution in [0.5, 0.6) is 11.5 Å². The van der Waals surface area contributed by atoms with Crippen LogP contribution in [0.4, 0.5) is 8.78 Å². The summed E-state index contributed by atoms with van der Waals surface area (Å²) in [6, 6.07) is 4.31. The molecule has 1 amide bonds. The molecule has 0 fully saturated rings. The van der Waals surface area contributed by atoms with E-state index in [1.165, 1.54) is 31.5 Å². The molecule has 0 bridgehead atoms. The molecule has 0 unspecified atom stereocenters. The maximum Gasteiger partial charge on any atom is 0.387 e. The number of hydrogen-bond acceptors (Lipinski definition) is 5. The van der Waals surface area contributed by atoms with Gasteiger partial charge in [0.25, 0.3) is 5.91 Å². The molecule has 0 atom stereocenters. The molecule has 0 saturated heterocycles. The summed E-state index contributed by atoms with van der Waals surface area (Å²) in [4.78, 5) is 16.4. The standard InChI is InChI=1S/C16H22F2N2O4/c1-11(2)6-7-19-15(21)10-23-20-9-12-4-5-13(24-16(17)18)14(8-12)22-3/h4-5,8-9,11,16H,6-7,10H2,1-3H3,(H,19,21). The summed E-state index contributed by atoms with van der Waals surface area (Å²) in [7, 11) is 1.34. The van der Waals surface area contributed by atoms with Gasteiger partial charge in [0.2, 0.25) is 0 Å². The van der Waals surface area contributed by atoms with Crippen molar-refractivity contribution >= 4 is 12.1 Å². The van der Waals surface area contributed by atoms with Gasteiger partial charge in [-0.3, -0.25) is 4.79 Å². The van der Waals surface area contributed by atoms with Crippen molar-refractivity contribution in [1.82, 2.24) is 5.32 Å². The summed E-state index contributed by atoms with van der Waals surface area (Å²) in [5.41, 5.74) is 0.550. The van der Waals surface area contributed by atoms with Gasteiger partial charge >= 0.3 is 6.61 Å². The van der Waals surface area contributed by atoms with E-state index in [0.29, 0.717) is 18.0 Å². The predicted octanol–water partition coefficient (Wildman–Crippen LogP) is 2.81. The SMILES string of the molecule is COc1cc(C=NOCC(=O)NCCC(C)C)ccc1OC(F)F. The lowest BCUT2D eigenvalue weighted by Crippen LogP contribution is -2.28. The number of nitrogens with zero attached hydrogens (tertiary/aromatic N) is 1. The highest BCUT2D eigenvalue weighted by molar-refractivity contribution is 5.81. The second-order valence-corrected chi connectivity index (χ2v) is 5.33.